The number of hydrogen-bond acceptors (Lipinski definition) is 4. The smallest absolute Gasteiger partial charge is 0.316 e. The monoisotopic (exact) mass is 313 g/mol. The molecule has 7 heteroatoms. The van der Waals surface area contributed by atoms with E-state index in [-0.39, 0.29) is 0 Å². The first-order chi connectivity index (χ1) is 9.90. The van der Waals surface area contributed by atoms with Crippen LogP contribution in [0, 0.1) is 6.92 Å². The Kier molecular flexibility index (Phi) is 4.84. The summed E-state index contributed by atoms with van der Waals surface area (Å²) in [4.78, 5) is 8.15. The van der Waals surface area contributed by atoms with E-state index in [1.54, 1.807) is 6.20 Å². The second-order valence-corrected chi connectivity index (χ2v) is 5.49. The van der Waals surface area contributed by atoms with E-state index in [1.807, 2.05) is 20.0 Å². The summed E-state index contributed by atoms with van der Waals surface area (Å²) in [5.74, 6) is 0. The Bertz CT molecular complexity index is 612. The maximum Gasteiger partial charge on any atom is 0.417 e. The summed E-state index contributed by atoms with van der Waals surface area (Å²) in [5, 5.41) is 4.26. The minimum absolute atomic E-state index is 0.486. The lowest BCUT2D eigenvalue weighted by Crippen LogP contribution is -2.06. The second kappa shape index (κ2) is 6.44. The number of rotatable bonds is 4. The van der Waals surface area contributed by atoms with Gasteiger partial charge in [-0.15, -0.1) is 0 Å². The lowest BCUT2D eigenvalue weighted by atomic mass is 10.2. The van der Waals surface area contributed by atoms with Crippen LogP contribution in [0.4, 0.5) is 13.2 Å². The van der Waals surface area contributed by atoms with Crippen molar-refractivity contribution < 1.29 is 13.2 Å². The molecule has 0 aromatic carbocycles. The van der Waals surface area contributed by atoms with Crippen molar-refractivity contribution in [3.8, 4) is 0 Å². The van der Waals surface area contributed by atoms with Crippen LogP contribution in [0.1, 0.15) is 16.7 Å². The lowest BCUT2D eigenvalue weighted by Gasteiger charge is -2.08. The van der Waals surface area contributed by atoms with Crippen molar-refractivity contribution in [1.82, 2.24) is 15.3 Å². The van der Waals surface area contributed by atoms with Crippen LogP contribution in [0.25, 0.3) is 0 Å². The zero-order chi connectivity index (χ0) is 15.5. The van der Waals surface area contributed by atoms with Crippen LogP contribution in [0.15, 0.2) is 40.6 Å². The third kappa shape index (κ3) is 4.18. The van der Waals surface area contributed by atoms with E-state index in [2.05, 4.69) is 15.3 Å². The van der Waals surface area contributed by atoms with Gasteiger partial charge in [-0.1, -0.05) is 6.07 Å². The number of pyridine rings is 2. The molecule has 0 aliphatic heterocycles. The van der Waals surface area contributed by atoms with E-state index in [0.29, 0.717) is 5.03 Å². The molecule has 0 unspecified atom stereocenters. The molecule has 112 valence electrons. The van der Waals surface area contributed by atoms with E-state index in [1.165, 1.54) is 17.8 Å². The predicted molar refractivity (Wildman–Crippen MR) is 75.1 cm³/mol. The Morgan fingerprint density at radius 1 is 1.19 bits per heavy atom. The van der Waals surface area contributed by atoms with Crippen LogP contribution >= 0.6 is 11.8 Å². The average Bonchev–Trinajstić information content (AvgIpc) is 2.42. The molecule has 3 nitrogen and oxygen atoms in total. The number of hydrogen-bond donors (Lipinski definition) is 1. The van der Waals surface area contributed by atoms with E-state index in [0.717, 1.165) is 35.0 Å². The molecule has 0 fully saturated rings. The van der Waals surface area contributed by atoms with Gasteiger partial charge in [0.1, 0.15) is 10.1 Å². The van der Waals surface area contributed by atoms with Gasteiger partial charge in [-0.3, -0.25) is 0 Å². The molecular weight excluding hydrogens is 299 g/mol. The van der Waals surface area contributed by atoms with Gasteiger partial charge >= 0.3 is 6.18 Å². The fourth-order valence-corrected chi connectivity index (χ4v) is 2.50. The lowest BCUT2D eigenvalue weighted by molar-refractivity contribution is -0.137. The highest BCUT2D eigenvalue weighted by atomic mass is 32.2. The van der Waals surface area contributed by atoms with Crippen LogP contribution in [0.2, 0.25) is 0 Å². The molecule has 0 amide bonds. The molecule has 0 radical (unpaired) electrons. The SMILES string of the molecule is CNCc1cnc(Sc2ccc(C(F)(F)F)cn2)c(C)c1. The number of nitrogens with one attached hydrogen (secondary N) is 1. The minimum Gasteiger partial charge on any atom is -0.316 e. The van der Waals surface area contributed by atoms with Crippen molar-refractivity contribution in [1.29, 1.82) is 0 Å². The van der Waals surface area contributed by atoms with Gasteiger partial charge in [0.2, 0.25) is 0 Å². The van der Waals surface area contributed by atoms with Crippen molar-refractivity contribution >= 4 is 11.8 Å². The molecule has 0 saturated carbocycles. The molecule has 0 bridgehead atoms. The number of alkyl halides is 3. The maximum atomic E-state index is 12.5. The molecule has 2 heterocycles. The van der Waals surface area contributed by atoms with E-state index < -0.39 is 11.7 Å². The summed E-state index contributed by atoms with van der Waals surface area (Å²) in [7, 11) is 1.85. The van der Waals surface area contributed by atoms with Crippen LogP contribution in [0.5, 0.6) is 0 Å². The number of aryl methyl sites for hydroxylation is 1. The Balaban J connectivity index is 2.15. The highest BCUT2D eigenvalue weighted by Gasteiger charge is 2.30. The van der Waals surface area contributed by atoms with Crippen molar-refractivity contribution in [3.05, 3.63) is 47.3 Å². The third-order valence-electron chi connectivity index (χ3n) is 2.73. The topological polar surface area (TPSA) is 37.8 Å². The summed E-state index contributed by atoms with van der Waals surface area (Å²) in [5.41, 5.74) is 1.27. The third-order valence-corrected chi connectivity index (χ3v) is 3.80. The highest BCUT2D eigenvalue weighted by Crippen LogP contribution is 2.31. The van der Waals surface area contributed by atoms with Crippen LogP contribution in [0.3, 0.4) is 0 Å². The Morgan fingerprint density at radius 3 is 2.48 bits per heavy atom. The van der Waals surface area contributed by atoms with Crippen LogP contribution < -0.4 is 5.32 Å². The first-order valence-electron chi connectivity index (χ1n) is 6.21. The normalized spacial score (nSPS) is 11.7. The molecule has 0 aliphatic carbocycles. The molecule has 2 aromatic heterocycles. The van der Waals surface area contributed by atoms with Gasteiger partial charge in [-0.25, -0.2) is 9.97 Å². The fraction of sp³-hybridized carbons (Fsp3) is 0.286. The quantitative estimate of drug-likeness (QED) is 0.934. The van der Waals surface area contributed by atoms with Crippen LogP contribution in [-0.2, 0) is 12.7 Å². The zero-order valence-corrected chi connectivity index (χ0v) is 12.3. The van der Waals surface area contributed by atoms with E-state index >= 15 is 0 Å². The number of halogens is 3. The molecule has 0 atom stereocenters. The van der Waals surface area contributed by atoms with Crippen LogP contribution in [-0.4, -0.2) is 17.0 Å². The second-order valence-electron chi connectivity index (χ2n) is 4.48. The standard InChI is InChI=1S/C14H14F3N3S/c1-9-5-10(6-18-2)7-20-13(9)21-12-4-3-11(8-19-12)14(15,16)17/h3-5,7-8,18H,6H2,1-2H3. The van der Waals surface area contributed by atoms with Crippen molar-refractivity contribution in [3.63, 3.8) is 0 Å². The molecular formula is C14H14F3N3S. The minimum atomic E-state index is -4.36. The molecule has 0 saturated heterocycles. The van der Waals surface area contributed by atoms with Crippen molar-refractivity contribution in [2.24, 2.45) is 0 Å². The van der Waals surface area contributed by atoms with Gasteiger partial charge in [-0.05, 0) is 49.0 Å². The van der Waals surface area contributed by atoms with Gasteiger partial charge in [0.25, 0.3) is 0 Å². The van der Waals surface area contributed by atoms with E-state index in [9.17, 15) is 13.2 Å². The first-order valence-corrected chi connectivity index (χ1v) is 7.03. The molecule has 0 aliphatic rings. The summed E-state index contributed by atoms with van der Waals surface area (Å²) in [6.07, 6.45) is -1.78. The van der Waals surface area contributed by atoms with Gasteiger partial charge in [0.05, 0.1) is 5.56 Å². The summed E-state index contributed by atoms with van der Waals surface area (Å²) in [6, 6.07) is 4.38. The average molecular weight is 313 g/mol. The maximum absolute atomic E-state index is 12.5. The highest BCUT2D eigenvalue weighted by molar-refractivity contribution is 7.99. The summed E-state index contributed by atoms with van der Waals surface area (Å²) in [6.45, 7) is 2.63. The van der Waals surface area contributed by atoms with Gasteiger partial charge in [0.15, 0.2) is 0 Å². The van der Waals surface area contributed by atoms with Crippen molar-refractivity contribution in [2.75, 3.05) is 7.05 Å². The Labute approximate surface area is 125 Å². The van der Waals surface area contributed by atoms with E-state index in [4.69, 9.17) is 0 Å². The van der Waals surface area contributed by atoms with Gasteiger partial charge < -0.3 is 5.32 Å². The number of aromatic nitrogens is 2. The van der Waals surface area contributed by atoms with Crippen molar-refractivity contribution in [2.45, 2.75) is 29.7 Å². The fourth-order valence-electron chi connectivity index (χ4n) is 1.74. The largest absolute Gasteiger partial charge is 0.417 e. The van der Waals surface area contributed by atoms with Gasteiger partial charge in [0, 0.05) is 18.9 Å². The summed E-state index contributed by atoms with van der Waals surface area (Å²) < 4.78 is 37.4. The Hall–Kier alpha value is -1.60. The molecule has 2 rings (SSSR count). The molecule has 21 heavy (non-hydrogen) atoms. The van der Waals surface area contributed by atoms with Gasteiger partial charge in [-0.2, -0.15) is 13.2 Å². The molecule has 2 aromatic rings. The number of nitrogens with zero attached hydrogens (tertiary/aromatic N) is 2. The summed E-state index contributed by atoms with van der Waals surface area (Å²) >= 11 is 1.25. The predicted octanol–water partition coefficient (Wildman–Crippen LogP) is 3.67. The molecule has 1 N–H and O–H groups in total. The Morgan fingerprint density at radius 2 is 1.95 bits per heavy atom. The molecule has 0 spiro atoms. The zero-order valence-electron chi connectivity index (χ0n) is 11.5. The first kappa shape index (κ1) is 15.8.